The molecule has 0 unspecified atom stereocenters. The summed E-state index contributed by atoms with van der Waals surface area (Å²) in [6.07, 6.45) is 1.68. The van der Waals surface area contributed by atoms with Crippen LogP contribution in [0.15, 0.2) is 47.7 Å². The first-order valence-corrected chi connectivity index (χ1v) is 7.93. The zero-order valence-corrected chi connectivity index (χ0v) is 13.4. The van der Waals surface area contributed by atoms with Crippen LogP contribution in [0, 0.1) is 0 Å². The average Bonchev–Trinajstić information content (AvgIpc) is 2.94. The Morgan fingerprint density at radius 2 is 2.08 bits per heavy atom. The summed E-state index contributed by atoms with van der Waals surface area (Å²) in [6.45, 7) is 6.89. The van der Waals surface area contributed by atoms with Crippen LogP contribution in [0.3, 0.4) is 0 Å². The molecule has 1 fully saturated rings. The molecule has 2 heterocycles. The average molecular weight is 328 g/mol. The summed E-state index contributed by atoms with van der Waals surface area (Å²) < 4.78 is 10.2. The first kappa shape index (κ1) is 16.2. The van der Waals surface area contributed by atoms with E-state index in [1.807, 2.05) is 30.3 Å². The Balaban J connectivity index is 1.58. The van der Waals surface area contributed by atoms with Gasteiger partial charge < -0.3 is 14.2 Å². The van der Waals surface area contributed by atoms with E-state index in [2.05, 4.69) is 21.6 Å². The van der Waals surface area contributed by atoms with Gasteiger partial charge in [-0.25, -0.2) is 4.79 Å². The van der Waals surface area contributed by atoms with E-state index in [1.165, 1.54) is 0 Å². The first-order valence-electron chi connectivity index (χ1n) is 7.93. The Hall–Kier alpha value is -2.67. The van der Waals surface area contributed by atoms with Gasteiger partial charge in [-0.05, 0) is 18.6 Å². The van der Waals surface area contributed by atoms with Crippen molar-refractivity contribution >= 4 is 6.09 Å². The van der Waals surface area contributed by atoms with E-state index in [1.54, 1.807) is 4.90 Å². The zero-order chi connectivity index (χ0) is 16.8. The van der Waals surface area contributed by atoms with Gasteiger partial charge in [0.25, 0.3) is 5.89 Å². The Morgan fingerprint density at radius 3 is 2.88 bits per heavy atom. The molecule has 0 saturated carbocycles. The van der Waals surface area contributed by atoms with Crippen molar-refractivity contribution in [2.24, 2.45) is 0 Å². The fourth-order valence-corrected chi connectivity index (χ4v) is 2.67. The number of amides is 1. The highest BCUT2D eigenvalue weighted by atomic mass is 16.5. The highest BCUT2D eigenvalue weighted by Crippen LogP contribution is 2.17. The highest BCUT2D eigenvalue weighted by Gasteiger charge is 2.21. The molecule has 2 aromatic rings. The smallest absolute Gasteiger partial charge is 0.414 e. The van der Waals surface area contributed by atoms with Crippen LogP contribution in [0.2, 0.25) is 0 Å². The van der Waals surface area contributed by atoms with Crippen LogP contribution in [0.1, 0.15) is 12.2 Å². The van der Waals surface area contributed by atoms with E-state index in [9.17, 15) is 4.79 Å². The summed E-state index contributed by atoms with van der Waals surface area (Å²) >= 11 is 0. The lowest BCUT2D eigenvalue weighted by atomic mass is 10.2. The molecule has 1 aliphatic heterocycles. The molecule has 0 atom stereocenters. The van der Waals surface area contributed by atoms with Gasteiger partial charge in [0.2, 0.25) is 0 Å². The number of hydrogen-bond donors (Lipinski definition) is 0. The van der Waals surface area contributed by atoms with Crippen molar-refractivity contribution in [2.45, 2.75) is 13.0 Å². The molecule has 1 aliphatic rings. The Labute approximate surface area is 140 Å². The van der Waals surface area contributed by atoms with Gasteiger partial charge in [-0.2, -0.15) is 4.98 Å². The summed E-state index contributed by atoms with van der Waals surface area (Å²) in [4.78, 5) is 20.1. The molecule has 0 N–H and O–H groups in total. The zero-order valence-electron chi connectivity index (χ0n) is 13.4. The van der Waals surface area contributed by atoms with Crippen LogP contribution in [0.25, 0.3) is 11.5 Å². The topological polar surface area (TPSA) is 71.7 Å². The second-order valence-corrected chi connectivity index (χ2v) is 5.55. The number of rotatable bonds is 4. The van der Waals surface area contributed by atoms with Gasteiger partial charge >= 0.3 is 6.09 Å². The van der Waals surface area contributed by atoms with Crippen molar-refractivity contribution in [3.05, 3.63) is 49.0 Å². The molecule has 3 rings (SSSR count). The maximum Gasteiger partial charge on any atom is 0.414 e. The molecule has 1 aromatic heterocycles. The molecule has 7 heteroatoms. The normalized spacial score (nSPS) is 15.8. The van der Waals surface area contributed by atoms with Gasteiger partial charge in [-0.3, -0.25) is 4.90 Å². The minimum atomic E-state index is -0.349. The van der Waals surface area contributed by atoms with Crippen LogP contribution in [-0.4, -0.2) is 52.2 Å². The Kier molecular flexibility index (Phi) is 5.22. The van der Waals surface area contributed by atoms with Crippen molar-refractivity contribution in [1.29, 1.82) is 0 Å². The van der Waals surface area contributed by atoms with Gasteiger partial charge in [0.1, 0.15) is 0 Å². The van der Waals surface area contributed by atoms with Crippen LogP contribution >= 0.6 is 0 Å². The second-order valence-electron chi connectivity index (χ2n) is 5.55. The van der Waals surface area contributed by atoms with Gasteiger partial charge in [-0.15, -0.1) is 0 Å². The number of aromatic nitrogens is 2. The van der Waals surface area contributed by atoms with Crippen molar-refractivity contribution in [3.63, 3.8) is 0 Å². The number of benzene rings is 1. The van der Waals surface area contributed by atoms with E-state index in [0.717, 1.165) is 31.3 Å². The predicted octanol–water partition coefficient (Wildman–Crippen LogP) is 2.52. The van der Waals surface area contributed by atoms with Crippen molar-refractivity contribution in [1.82, 2.24) is 19.9 Å². The van der Waals surface area contributed by atoms with Crippen molar-refractivity contribution < 1.29 is 14.1 Å². The minimum Gasteiger partial charge on any atom is -0.419 e. The Bertz CT molecular complexity index is 686. The summed E-state index contributed by atoms with van der Waals surface area (Å²) in [5.41, 5.74) is 0.908. The lowest BCUT2D eigenvalue weighted by Crippen LogP contribution is -2.34. The summed E-state index contributed by atoms with van der Waals surface area (Å²) in [5.74, 6) is 1.17. The van der Waals surface area contributed by atoms with Crippen LogP contribution in [0.5, 0.6) is 0 Å². The third kappa shape index (κ3) is 3.99. The third-order valence-corrected chi connectivity index (χ3v) is 3.88. The molecule has 1 aromatic carbocycles. The van der Waals surface area contributed by atoms with Crippen LogP contribution in [-0.2, 0) is 11.3 Å². The summed E-state index contributed by atoms with van der Waals surface area (Å²) in [5, 5.41) is 4.05. The van der Waals surface area contributed by atoms with E-state index in [0.29, 0.717) is 31.3 Å². The number of carbonyl (C=O) groups excluding carboxylic acids is 1. The van der Waals surface area contributed by atoms with Gasteiger partial charge in [0, 0.05) is 31.7 Å². The van der Waals surface area contributed by atoms with E-state index in [-0.39, 0.29) is 6.09 Å². The number of hydrogen-bond acceptors (Lipinski definition) is 6. The first-order chi connectivity index (χ1) is 11.8. The van der Waals surface area contributed by atoms with Crippen molar-refractivity contribution in [2.75, 3.05) is 26.2 Å². The van der Waals surface area contributed by atoms with Crippen molar-refractivity contribution in [3.8, 4) is 11.5 Å². The quantitative estimate of drug-likeness (QED) is 0.803. The van der Waals surface area contributed by atoms with Crippen LogP contribution < -0.4 is 0 Å². The van der Waals surface area contributed by atoms with E-state index >= 15 is 0 Å². The molecular weight excluding hydrogens is 308 g/mol. The summed E-state index contributed by atoms with van der Waals surface area (Å²) in [7, 11) is 0. The molecule has 1 saturated heterocycles. The van der Waals surface area contributed by atoms with Gasteiger partial charge in [0.15, 0.2) is 5.82 Å². The molecule has 0 aliphatic carbocycles. The number of carbonyl (C=O) groups is 1. The third-order valence-electron chi connectivity index (χ3n) is 3.88. The monoisotopic (exact) mass is 328 g/mol. The maximum absolute atomic E-state index is 11.8. The molecule has 0 bridgehead atoms. The van der Waals surface area contributed by atoms with Gasteiger partial charge in [0.05, 0.1) is 12.8 Å². The predicted molar refractivity (Wildman–Crippen MR) is 87.9 cm³/mol. The SMILES string of the molecule is C=COC(=O)N1CCCN(Cc2noc(-c3ccccc3)n2)CC1. The lowest BCUT2D eigenvalue weighted by molar-refractivity contribution is 0.138. The highest BCUT2D eigenvalue weighted by molar-refractivity contribution is 5.68. The number of nitrogens with zero attached hydrogens (tertiary/aromatic N) is 4. The molecule has 1 amide bonds. The summed E-state index contributed by atoms with van der Waals surface area (Å²) in [6, 6.07) is 9.69. The van der Waals surface area contributed by atoms with Crippen LogP contribution in [0.4, 0.5) is 4.79 Å². The molecule has 126 valence electrons. The standard InChI is InChI=1S/C17H20N4O3/c1-2-23-17(22)21-10-6-9-20(11-12-21)13-15-18-16(24-19-15)14-7-4-3-5-8-14/h2-5,7-8H,1,6,9-13H2. The molecule has 7 nitrogen and oxygen atoms in total. The fourth-order valence-electron chi connectivity index (χ4n) is 2.67. The second kappa shape index (κ2) is 7.74. The Morgan fingerprint density at radius 1 is 1.25 bits per heavy atom. The molecular formula is C17H20N4O3. The minimum absolute atomic E-state index is 0.349. The van der Waals surface area contributed by atoms with Gasteiger partial charge in [-0.1, -0.05) is 29.9 Å². The largest absolute Gasteiger partial charge is 0.419 e. The van der Waals surface area contributed by atoms with E-state index in [4.69, 9.17) is 9.26 Å². The van der Waals surface area contributed by atoms with E-state index < -0.39 is 0 Å². The molecule has 24 heavy (non-hydrogen) atoms. The fraction of sp³-hybridized carbons (Fsp3) is 0.353. The molecule has 0 radical (unpaired) electrons. The number of ether oxygens (including phenoxy) is 1. The lowest BCUT2D eigenvalue weighted by Gasteiger charge is -2.19. The maximum atomic E-state index is 11.8. The molecule has 0 spiro atoms.